The number of rotatable bonds is 10. The summed E-state index contributed by atoms with van der Waals surface area (Å²) in [5.74, 6) is -0.220. The van der Waals surface area contributed by atoms with Crippen molar-refractivity contribution in [1.82, 2.24) is 15.1 Å². The van der Waals surface area contributed by atoms with Crippen LogP contribution in [-0.2, 0) is 14.3 Å². The van der Waals surface area contributed by atoms with Crippen LogP contribution in [0, 0.1) is 11.3 Å². The predicted octanol–water partition coefficient (Wildman–Crippen LogP) is 2.15. The number of nitrogens with one attached hydrogen (secondary N) is 2. The minimum atomic E-state index is -0.921. The Bertz CT molecular complexity index is 647. The maximum atomic E-state index is 13.6. The first-order valence-electron chi connectivity index (χ1n) is 12.9. The van der Waals surface area contributed by atoms with Gasteiger partial charge in [-0.15, -0.1) is 0 Å². The number of aliphatic carboxylic acids is 1. The number of carbonyl (C=O) groups is 2. The highest BCUT2D eigenvalue weighted by atomic mass is 16.5. The number of nitrogens with two attached hydrogens (primary N) is 1. The minimum Gasteiger partial charge on any atom is -0.480 e. The van der Waals surface area contributed by atoms with Crippen molar-refractivity contribution in [1.29, 1.82) is 5.41 Å². The van der Waals surface area contributed by atoms with Gasteiger partial charge in [-0.3, -0.25) is 20.3 Å². The molecule has 3 aliphatic rings. The lowest BCUT2D eigenvalue weighted by Gasteiger charge is -2.39. The molecular weight excluding hydrogens is 422 g/mol. The van der Waals surface area contributed by atoms with E-state index in [2.05, 4.69) is 5.32 Å². The molecule has 2 heterocycles. The topological polar surface area (TPSA) is 132 Å². The standard InChI is InChI=1S/C24H43N5O4/c25-24(26)28-13-9-20(10-14-28)33-15-11-19-8-4-5-12-29(19)23(32)21(27-17-22(30)31)16-18-6-2-1-3-7-18/h18-21,27H,1-17H2,(H3,25,26)(H,30,31)/t19?,21-/m1/s1. The van der Waals surface area contributed by atoms with Crippen molar-refractivity contribution in [2.45, 2.75) is 95.2 Å². The molecule has 5 N–H and O–H groups in total. The number of hydrogen-bond acceptors (Lipinski definition) is 5. The Labute approximate surface area is 197 Å². The van der Waals surface area contributed by atoms with Crippen LogP contribution < -0.4 is 11.1 Å². The van der Waals surface area contributed by atoms with Gasteiger partial charge in [0.15, 0.2) is 5.96 Å². The van der Waals surface area contributed by atoms with Gasteiger partial charge in [0, 0.05) is 32.3 Å². The number of amides is 1. The number of piperidine rings is 2. The number of nitrogens with zero attached hydrogens (tertiary/aromatic N) is 2. The normalized spacial score (nSPS) is 23.9. The first-order valence-corrected chi connectivity index (χ1v) is 12.9. The lowest BCUT2D eigenvalue weighted by molar-refractivity contribution is -0.139. The summed E-state index contributed by atoms with van der Waals surface area (Å²) < 4.78 is 6.13. The number of hydrogen-bond donors (Lipinski definition) is 4. The number of carbonyl (C=O) groups excluding carboxylic acids is 1. The molecule has 0 bridgehead atoms. The summed E-state index contributed by atoms with van der Waals surface area (Å²) >= 11 is 0. The van der Waals surface area contributed by atoms with Crippen LogP contribution in [0.25, 0.3) is 0 Å². The van der Waals surface area contributed by atoms with Crippen LogP contribution in [0.3, 0.4) is 0 Å². The van der Waals surface area contributed by atoms with E-state index >= 15 is 0 Å². The number of guanidine groups is 1. The highest BCUT2D eigenvalue weighted by Crippen LogP contribution is 2.29. The lowest BCUT2D eigenvalue weighted by Crippen LogP contribution is -2.53. The van der Waals surface area contributed by atoms with Crippen molar-refractivity contribution in [3.63, 3.8) is 0 Å². The van der Waals surface area contributed by atoms with E-state index in [1.54, 1.807) is 0 Å². The monoisotopic (exact) mass is 465 g/mol. The zero-order chi connectivity index (χ0) is 23.6. The van der Waals surface area contributed by atoms with E-state index in [1.807, 2.05) is 9.80 Å². The largest absolute Gasteiger partial charge is 0.480 e. The molecule has 33 heavy (non-hydrogen) atoms. The van der Waals surface area contributed by atoms with Crippen LogP contribution in [-0.4, -0.2) is 83.7 Å². The summed E-state index contributed by atoms with van der Waals surface area (Å²) in [7, 11) is 0. The predicted molar refractivity (Wildman–Crippen MR) is 127 cm³/mol. The van der Waals surface area contributed by atoms with E-state index in [0.29, 0.717) is 12.5 Å². The second-order valence-corrected chi connectivity index (χ2v) is 9.98. The third kappa shape index (κ3) is 8.14. The van der Waals surface area contributed by atoms with Crippen LogP contribution in [0.1, 0.15) is 77.0 Å². The van der Waals surface area contributed by atoms with Crippen molar-refractivity contribution in [3.8, 4) is 0 Å². The first kappa shape index (κ1) is 25.7. The number of carboxylic acid groups (broad SMARTS) is 1. The fourth-order valence-corrected chi connectivity index (χ4v) is 5.66. The Kier molecular flexibility index (Phi) is 10.2. The average Bonchev–Trinajstić information content (AvgIpc) is 2.82. The maximum Gasteiger partial charge on any atom is 0.317 e. The van der Waals surface area contributed by atoms with Crippen molar-refractivity contribution in [2.75, 3.05) is 32.8 Å². The first-order chi connectivity index (χ1) is 15.9. The molecular formula is C24H43N5O4. The average molecular weight is 466 g/mol. The molecule has 2 atom stereocenters. The molecule has 1 saturated carbocycles. The van der Waals surface area contributed by atoms with Gasteiger partial charge in [-0.25, -0.2) is 0 Å². The summed E-state index contributed by atoms with van der Waals surface area (Å²) in [5, 5.41) is 19.8. The van der Waals surface area contributed by atoms with Crippen LogP contribution >= 0.6 is 0 Å². The van der Waals surface area contributed by atoms with Crippen molar-refractivity contribution in [3.05, 3.63) is 0 Å². The van der Waals surface area contributed by atoms with Crippen LogP contribution in [0.15, 0.2) is 0 Å². The second-order valence-electron chi connectivity index (χ2n) is 9.98. The van der Waals surface area contributed by atoms with Crippen LogP contribution in [0.2, 0.25) is 0 Å². The van der Waals surface area contributed by atoms with Crippen LogP contribution in [0.4, 0.5) is 0 Å². The van der Waals surface area contributed by atoms with Gasteiger partial charge >= 0.3 is 5.97 Å². The molecule has 9 heteroatoms. The smallest absolute Gasteiger partial charge is 0.317 e. The molecule has 1 unspecified atom stereocenters. The molecule has 2 saturated heterocycles. The summed E-state index contributed by atoms with van der Waals surface area (Å²) in [6, 6.07) is -0.259. The highest BCUT2D eigenvalue weighted by Gasteiger charge is 2.33. The molecule has 0 aromatic carbocycles. The van der Waals surface area contributed by atoms with E-state index in [9.17, 15) is 14.7 Å². The Morgan fingerprint density at radius 1 is 1.03 bits per heavy atom. The van der Waals surface area contributed by atoms with Gasteiger partial charge in [-0.2, -0.15) is 0 Å². The molecule has 0 radical (unpaired) electrons. The number of carboxylic acids is 1. The van der Waals surface area contributed by atoms with E-state index in [4.69, 9.17) is 15.9 Å². The molecule has 9 nitrogen and oxygen atoms in total. The van der Waals surface area contributed by atoms with E-state index in [-0.39, 0.29) is 30.6 Å². The number of likely N-dealkylation sites (tertiary alicyclic amines) is 2. The van der Waals surface area contributed by atoms with Crippen molar-refractivity contribution >= 4 is 17.8 Å². The summed E-state index contributed by atoms with van der Waals surface area (Å²) in [4.78, 5) is 28.6. The number of ether oxygens (including phenoxy) is 1. The molecule has 1 amide bonds. The minimum absolute atomic E-state index is 0.0706. The molecule has 1 aliphatic carbocycles. The fraction of sp³-hybridized carbons (Fsp3) is 0.875. The summed E-state index contributed by atoms with van der Waals surface area (Å²) in [5.41, 5.74) is 5.57. The summed E-state index contributed by atoms with van der Waals surface area (Å²) in [6.45, 7) is 2.70. The molecule has 3 fully saturated rings. The van der Waals surface area contributed by atoms with Crippen molar-refractivity contribution < 1.29 is 19.4 Å². The summed E-state index contributed by atoms with van der Waals surface area (Å²) in [6.07, 6.45) is 12.5. The molecule has 3 rings (SSSR count). The lowest BCUT2D eigenvalue weighted by atomic mass is 9.84. The Morgan fingerprint density at radius 2 is 1.73 bits per heavy atom. The van der Waals surface area contributed by atoms with Gasteiger partial charge in [0.1, 0.15) is 0 Å². The van der Waals surface area contributed by atoms with Gasteiger partial charge in [0.25, 0.3) is 0 Å². The Balaban J connectivity index is 1.51. The molecule has 0 aromatic heterocycles. The van der Waals surface area contributed by atoms with Gasteiger partial charge in [-0.05, 0) is 50.9 Å². The van der Waals surface area contributed by atoms with Gasteiger partial charge < -0.3 is 25.4 Å². The van der Waals surface area contributed by atoms with E-state index < -0.39 is 12.0 Å². The van der Waals surface area contributed by atoms with Crippen molar-refractivity contribution in [2.24, 2.45) is 11.7 Å². The Hall–Kier alpha value is -1.87. The van der Waals surface area contributed by atoms with Gasteiger partial charge in [0.05, 0.1) is 18.7 Å². The quantitative estimate of drug-likeness (QED) is 0.287. The third-order valence-corrected chi connectivity index (χ3v) is 7.59. The maximum absolute atomic E-state index is 13.6. The fourth-order valence-electron chi connectivity index (χ4n) is 5.66. The SMILES string of the molecule is N=C(N)N1CCC(OCCC2CCCCN2C(=O)[C@@H](CC2CCCCC2)NCC(=O)O)CC1. The van der Waals surface area contributed by atoms with E-state index in [0.717, 1.165) is 77.4 Å². The molecule has 188 valence electrons. The second kappa shape index (κ2) is 13.1. The van der Waals surface area contributed by atoms with Gasteiger partial charge in [-0.1, -0.05) is 32.1 Å². The Morgan fingerprint density at radius 3 is 2.39 bits per heavy atom. The zero-order valence-electron chi connectivity index (χ0n) is 20.0. The zero-order valence-corrected chi connectivity index (χ0v) is 20.0. The molecule has 2 aliphatic heterocycles. The molecule has 0 aromatic rings. The van der Waals surface area contributed by atoms with Crippen LogP contribution in [0.5, 0.6) is 0 Å². The van der Waals surface area contributed by atoms with E-state index in [1.165, 1.54) is 19.3 Å². The molecule has 0 spiro atoms. The van der Waals surface area contributed by atoms with Gasteiger partial charge in [0.2, 0.25) is 5.91 Å². The third-order valence-electron chi connectivity index (χ3n) is 7.59. The highest BCUT2D eigenvalue weighted by molar-refractivity contribution is 5.83.